The van der Waals surface area contributed by atoms with Crippen LogP contribution in [0, 0.1) is 0 Å². The minimum Gasteiger partial charge on any atom is -0.472 e. The fourth-order valence-corrected chi connectivity index (χ4v) is 4.94. The van der Waals surface area contributed by atoms with Crippen LogP contribution in [0.4, 0.5) is 0 Å². The zero-order chi connectivity index (χ0) is 14.8. The summed E-state index contributed by atoms with van der Waals surface area (Å²) in [6.45, 7) is 3.94. The van der Waals surface area contributed by atoms with Gasteiger partial charge in [-0.3, -0.25) is 9.88 Å². The van der Waals surface area contributed by atoms with Crippen LogP contribution >= 0.6 is 11.8 Å². The lowest BCUT2D eigenvalue weighted by Gasteiger charge is -2.47. The quantitative estimate of drug-likeness (QED) is 0.848. The number of hydrogen-bond donors (Lipinski definition) is 0. The summed E-state index contributed by atoms with van der Waals surface area (Å²) in [5.41, 5.74) is 2.28. The van der Waals surface area contributed by atoms with Gasteiger partial charge in [0.25, 0.3) is 0 Å². The van der Waals surface area contributed by atoms with Crippen molar-refractivity contribution in [1.82, 2.24) is 9.88 Å². The Morgan fingerprint density at radius 3 is 3.09 bits per heavy atom. The number of nitrogens with zero attached hydrogens (tertiary/aromatic N) is 2. The summed E-state index contributed by atoms with van der Waals surface area (Å²) in [7, 11) is 0. The molecule has 1 spiro atoms. The standard InChI is InChI=1S/C17H20N2O2S/c1-2-5-18-15(3-1)10-21-16-7-17(22-11-16)12-19(13-17)8-14-4-6-20-9-14/h1-6,9,16H,7-8,10-13H2/t16-/m0/s1. The number of thioether (sulfide) groups is 1. The maximum absolute atomic E-state index is 6.04. The van der Waals surface area contributed by atoms with Crippen molar-refractivity contribution in [3.05, 3.63) is 54.2 Å². The van der Waals surface area contributed by atoms with E-state index < -0.39 is 0 Å². The molecule has 0 N–H and O–H groups in total. The van der Waals surface area contributed by atoms with Gasteiger partial charge < -0.3 is 9.15 Å². The molecule has 0 unspecified atom stereocenters. The highest BCUT2D eigenvalue weighted by atomic mass is 32.2. The average Bonchev–Trinajstić information content (AvgIpc) is 3.16. The first-order valence-corrected chi connectivity index (χ1v) is 8.69. The number of furan rings is 1. The number of pyridine rings is 1. The van der Waals surface area contributed by atoms with Crippen LogP contribution in [0.25, 0.3) is 0 Å². The van der Waals surface area contributed by atoms with Gasteiger partial charge in [-0.15, -0.1) is 11.8 Å². The van der Waals surface area contributed by atoms with Crippen molar-refractivity contribution in [3.63, 3.8) is 0 Å². The number of likely N-dealkylation sites (tertiary alicyclic amines) is 1. The summed E-state index contributed by atoms with van der Waals surface area (Å²) in [6, 6.07) is 8.02. The Kier molecular flexibility index (Phi) is 3.94. The highest BCUT2D eigenvalue weighted by molar-refractivity contribution is 8.01. The molecular weight excluding hydrogens is 296 g/mol. The number of hydrogen-bond acceptors (Lipinski definition) is 5. The van der Waals surface area contributed by atoms with Crippen LogP contribution in [0.3, 0.4) is 0 Å². The van der Waals surface area contributed by atoms with Crippen LogP contribution in [0.15, 0.2) is 47.4 Å². The first kappa shape index (κ1) is 14.3. The molecule has 4 nitrogen and oxygen atoms in total. The molecule has 4 rings (SSSR count). The Hall–Kier alpha value is -1.30. The van der Waals surface area contributed by atoms with E-state index in [1.807, 2.05) is 36.7 Å². The lowest BCUT2D eigenvalue weighted by molar-refractivity contribution is 0.0250. The van der Waals surface area contributed by atoms with Gasteiger partial charge in [0.15, 0.2) is 0 Å². The third-order valence-electron chi connectivity index (χ3n) is 4.38. The monoisotopic (exact) mass is 316 g/mol. The average molecular weight is 316 g/mol. The Bertz CT molecular complexity index is 596. The molecule has 1 atom stereocenters. The first-order valence-electron chi connectivity index (χ1n) is 7.70. The van der Waals surface area contributed by atoms with Crippen LogP contribution < -0.4 is 0 Å². The third kappa shape index (κ3) is 3.07. The van der Waals surface area contributed by atoms with Gasteiger partial charge in [-0.1, -0.05) is 6.07 Å². The van der Waals surface area contributed by atoms with Gasteiger partial charge in [0.1, 0.15) is 0 Å². The number of aromatic nitrogens is 1. The van der Waals surface area contributed by atoms with Crippen molar-refractivity contribution >= 4 is 11.8 Å². The van der Waals surface area contributed by atoms with Crippen molar-refractivity contribution in [2.45, 2.75) is 30.4 Å². The summed E-state index contributed by atoms with van der Waals surface area (Å²) < 4.78 is 11.6. The van der Waals surface area contributed by atoms with Crippen molar-refractivity contribution < 1.29 is 9.15 Å². The van der Waals surface area contributed by atoms with Crippen molar-refractivity contribution in [3.8, 4) is 0 Å². The second-order valence-corrected chi connectivity index (χ2v) is 7.72. The molecule has 116 valence electrons. The molecule has 22 heavy (non-hydrogen) atoms. The lowest BCUT2D eigenvalue weighted by Crippen LogP contribution is -2.58. The molecule has 5 heteroatoms. The maximum Gasteiger partial charge on any atom is 0.0947 e. The molecule has 4 heterocycles. The summed E-state index contributed by atoms with van der Waals surface area (Å²) in [4.78, 5) is 6.80. The second-order valence-electron chi connectivity index (χ2n) is 6.23. The van der Waals surface area contributed by atoms with E-state index in [1.165, 1.54) is 5.56 Å². The van der Waals surface area contributed by atoms with Gasteiger partial charge in [0.05, 0.1) is 30.9 Å². The zero-order valence-electron chi connectivity index (χ0n) is 12.5. The molecular formula is C17H20N2O2S. The minimum atomic E-state index is 0.364. The highest BCUT2D eigenvalue weighted by Crippen LogP contribution is 2.46. The van der Waals surface area contributed by atoms with E-state index in [2.05, 4.69) is 21.6 Å². The molecule has 0 bridgehead atoms. The molecule has 0 aliphatic carbocycles. The number of rotatable bonds is 5. The van der Waals surface area contributed by atoms with Gasteiger partial charge in [0.2, 0.25) is 0 Å². The SMILES string of the molecule is c1ccc(CO[C@@H]2CSC3(C2)CN(Cc2ccoc2)C3)nc1. The smallest absolute Gasteiger partial charge is 0.0947 e. The molecule has 0 aromatic carbocycles. The fraction of sp³-hybridized carbons (Fsp3) is 0.471. The molecule has 0 amide bonds. The van der Waals surface area contributed by atoms with Crippen LogP contribution in [0.2, 0.25) is 0 Å². The van der Waals surface area contributed by atoms with Gasteiger partial charge in [0, 0.05) is 41.9 Å². The van der Waals surface area contributed by atoms with E-state index in [4.69, 9.17) is 9.15 Å². The Morgan fingerprint density at radius 1 is 1.36 bits per heavy atom. The topological polar surface area (TPSA) is 38.5 Å². The Balaban J connectivity index is 1.23. The maximum atomic E-state index is 6.04. The zero-order valence-corrected chi connectivity index (χ0v) is 13.3. The van der Waals surface area contributed by atoms with Crippen LogP contribution in [0.5, 0.6) is 0 Å². The Labute approximate surface area is 134 Å². The largest absolute Gasteiger partial charge is 0.472 e. The molecule has 2 aromatic heterocycles. The second kappa shape index (κ2) is 6.07. The van der Waals surface area contributed by atoms with E-state index in [-0.39, 0.29) is 0 Å². The number of ether oxygens (including phenoxy) is 1. The molecule has 0 saturated carbocycles. The lowest BCUT2D eigenvalue weighted by atomic mass is 9.92. The van der Waals surface area contributed by atoms with Gasteiger partial charge >= 0.3 is 0 Å². The summed E-state index contributed by atoms with van der Waals surface area (Å²) in [5.74, 6) is 1.10. The molecule has 2 aromatic rings. The van der Waals surface area contributed by atoms with Crippen LogP contribution in [0.1, 0.15) is 17.7 Å². The van der Waals surface area contributed by atoms with E-state index in [1.54, 1.807) is 6.26 Å². The van der Waals surface area contributed by atoms with Crippen molar-refractivity contribution in [2.24, 2.45) is 0 Å². The van der Waals surface area contributed by atoms with Gasteiger partial charge in [-0.25, -0.2) is 0 Å². The minimum absolute atomic E-state index is 0.364. The van der Waals surface area contributed by atoms with Gasteiger partial charge in [-0.2, -0.15) is 0 Å². The predicted octanol–water partition coefficient (Wildman–Crippen LogP) is 2.95. The van der Waals surface area contributed by atoms with E-state index in [0.717, 1.165) is 37.5 Å². The molecule has 2 saturated heterocycles. The van der Waals surface area contributed by atoms with Crippen LogP contribution in [-0.4, -0.2) is 39.6 Å². The predicted molar refractivity (Wildman–Crippen MR) is 86.6 cm³/mol. The third-order valence-corrected chi connectivity index (χ3v) is 5.95. The summed E-state index contributed by atoms with van der Waals surface area (Å²) in [6.07, 6.45) is 6.93. The summed E-state index contributed by atoms with van der Waals surface area (Å²) >= 11 is 2.08. The summed E-state index contributed by atoms with van der Waals surface area (Å²) in [5, 5.41) is 0. The first-order chi connectivity index (χ1) is 10.8. The molecule has 2 aliphatic rings. The van der Waals surface area contributed by atoms with Crippen molar-refractivity contribution in [2.75, 3.05) is 18.8 Å². The van der Waals surface area contributed by atoms with Crippen LogP contribution in [-0.2, 0) is 17.9 Å². The van der Waals surface area contributed by atoms with Crippen molar-refractivity contribution in [1.29, 1.82) is 0 Å². The fourth-order valence-electron chi connectivity index (χ4n) is 3.34. The van der Waals surface area contributed by atoms with Gasteiger partial charge in [-0.05, 0) is 24.6 Å². The van der Waals surface area contributed by atoms with E-state index in [9.17, 15) is 0 Å². The molecule has 2 fully saturated rings. The Morgan fingerprint density at radius 2 is 2.32 bits per heavy atom. The molecule has 0 radical (unpaired) electrons. The normalized spacial score (nSPS) is 23.7. The highest BCUT2D eigenvalue weighted by Gasteiger charge is 2.49. The molecule has 2 aliphatic heterocycles. The van der Waals surface area contributed by atoms with E-state index >= 15 is 0 Å². The van der Waals surface area contributed by atoms with E-state index in [0.29, 0.717) is 17.5 Å².